The van der Waals surface area contributed by atoms with Gasteiger partial charge in [-0.15, -0.1) is 0 Å². The number of hydrogen-bond acceptors (Lipinski definition) is 4. The Labute approximate surface area is 146 Å². The van der Waals surface area contributed by atoms with Crippen molar-refractivity contribution in [3.05, 3.63) is 0 Å². The molecule has 1 heterocycles. The van der Waals surface area contributed by atoms with Crippen molar-refractivity contribution >= 4 is 6.03 Å². The lowest BCUT2D eigenvalue weighted by molar-refractivity contribution is -0.0358. The summed E-state index contributed by atoms with van der Waals surface area (Å²) in [5.74, 6) is 0.163. The Morgan fingerprint density at radius 1 is 1.25 bits per heavy atom. The topological polar surface area (TPSA) is 73.8 Å². The van der Waals surface area contributed by atoms with E-state index in [1.54, 1.807) is 0 Å². The molecule has 6 heteroatoms. The van der Waals surface area contributed by atoms with Gasteiger partial charge in [-0.2, -0.15) is 0 Å². The van der Waals surface area contributed by atoms with Gasteiger partial charge >= 0.3 is 6.03 Å². The van der Waals surface area contributed by atoms with Crippen molar-refractivity contribution in [3.63, 3.8) is 0 Å². The van der Waals surface area contributed by atoms with Crippen molar-refractivity contribution < 1.29 is 14.6 Å². The van der Waals surface area contributed by atoms with Gasteiger partial charge in [0.1, 0.15) is 0 Å². The van der Waals surface area contributed by atoms with Gasteiger partial charge in [0.15, 0.2) is 0 Å². The lowest BCUT2D eigenvalue weighted by atomic mass is 9.79. The van der Waals surface area contributed by atoms with E-state index in [1.165, 1.54) is 19.3 Å². The summed E-state index contributed by atoms with van der Waals surface area (Å²) in [6, 6.07) is -0.182. The third-order valence-corrected chi connectivity index (χ3v) is 6.05. The number of nitrogens with one attached hydrogen (secondary N) is 2. The molecule has 0 spiro atoms. The van der Waals surface area contributed by atoms with Crippen LogP contribution >= 0.6 is 0 Å². The lowest BCUT2D eigenvalue weighted by Crippen LogP contribution is -2.62. The van der Waals surface area contributed by atoms with E-state index < -0.39 is 5.54 Å². The molecule has 1 atom stereocenters. The highest BCUT2D eigenvalue weighted by atomic mass is 16.5. The van der Waals surface area contributed by atoms with Gasteiger partial charge in [0.2, 0.25) is 0 Å². The first kappa shape index (κ1) is 19.5. The molecular formula is C18H35N3O3. The van der Waals surface area contributed by atoms with Gasteiger partial charge in [-0.1, -0.05) is 33.1 Å². The number of aliphatic hydroxyl groups excluding tert-OH is 1. The maximum absolute atomic E-state index is 12.4. The fraction of sp³-hybridized carbons (Fsp3) is 0.944. The summed E-state index contributed by atoms with van der Waals surface area (Å²) in [5, 5.41) is 15.7. The van der Waals surface area contributed by atoms with Gasteiger partial charge in [0, 0.05) is 25.2 Å². The molecule has 0 radical (unpaired) electrons. The normalized spacial score (nSPS) is 24.4. The number of nitrogens with zero attached hydrogens (tertiary/aromatic N) is 1. The van der Waals surface area contributed by atoms with E-state index in [4.69, 9.17) is 4.74 Å². The minimum absolute atomic E-state index is 0.0623. The Hall–Kier alpha value is -0.850. The molecule has 0 bridgehead atoms. The van der Waals surface area contributed by atoms with Gasteiger partial charge in [-0.25, -0.2) is 4.79 Å². The number of amides is 2. The summed E-state index contributed by atoms with van der Waals surface area (Å²) in [7, 11) is 0. The fourth-order valence-electron chi connectivity index (χ4n) is 3.77. The first-order valence-corrected chi connectivity index (χ1v) is 9.41. The number of carbonyl (C=O) groups is 1. The number of rotatable bonds is 6. The van der Waals surface area contributed by atoms with Gasteiger partial charge < -0.3 is 20.5 Å². The summed E-state index contributed by atoms with van der Waals surface area (Å²) in [6.07, 6.45) is 6.00. The molecule has 1 saturated carbocycles. The second kappa shape index (κ2) is 8.50. The van der Waals surface area contributed by atoms with Crippen molar-refractivity contribution in [3.8, 4) is 0 Å². The first-order valence-electron chi connectivity index (χ1n) is 9.41. The van der Waals surface area contributed by atoms with Crippen molar-refractivity contribution in [2.24, 2.45) is 5.92 Å². The van der Waals surface area contributed by atoms with Crippen LogP contribution < -0.4 is 10.6 Å². The number of ether oxygens (including phenoxy) is 1. The summed E-state index contributed by atoms with van der Waals surface area (Å²) >= 11 is 0. The standard InChI is InChI=1S/C18H35N3O3/c1-15(2)17(3,14-22)20-16(23)19-13-18(7-5-4-6-8-18)21-9-11-24-12-10-21/h15,22H,4-14H2,1-3H3,(H2,19,20,23). The van der Waals surface area contributed by atoms with Crippen LogP contribution in [-0.4, -0.2) is 66.6 Å². The maximum atomic E-state index is 12.4. The molecule has 1 aliphatic heterocycles. The summed E-state index contributed by atoms with van der Waals surface area (Å²) in [5.41, 5.74) is -0.532. The summed E-state index contributed by atoms with van der Waals surface area (Å²) in [6.45, 7) is 9.96. The molecule has 2 aliphatic rings. The predicted molar refractivity (Wildman–Crippen MR) is 95.1 cm³/mol. The highest BCUT2D eigenvalue weighted by molar-refractivity contribution is 5.74. The molecule has 0 aromatic rings. The molecule has 2 rings (SSSR count). The molecule has 6 nitrogen and oxygen atoms in total. The zero-order chi connectivity index (χ0) is 17.6. The minimum atomic E-state index is -0.594. The Kier molecular flexibility index (Phi) is 6.89. The van der Waals surface area contributed by atoms with Crippen molar-refractivity contribution in [1.82, 2.24) is 15.5 Å². The van der Waals surface area contributed by atoms with E-state index in [0.717, 1.165) is 39.1 Å². The van der Waals surface area contributed by atoms with Gasteiger partial charge in [0.05, 0.1) is 25.4 Å². The van der Waals surface area contributed by atoms with E-state index in [0.29, 0.717) is 6.54 Å². The Morgan fingerprint density at radius 3 is 2.42 bits per heavy atom. The Bertz CT molecular complexity index is 404. The van der Waals surface area contributed by atoms with Crippen LogP contribution in [0, 0.1) is 5.92 Å². The quantitative estimate of drug-likeness (QED) is 0.688. The van der Waals surface area contributed by atoms with Crippen LogP contribution in [0.3, 0.4) is 0 Å². The number of morpholine rings is 1. The van der Waals surface area contributed by atoms with Crippen molar-refractivity contribution in [2.75, 3.05) is 39.5 Å². The minimum Gasteiger partial charge on any atom is -0.394 e. The third-order valence-electron chi connectivity index (χ3n) is 6.05. The SMILES string of the molecule is CC(C)C(C)(CO)NC(=O)NCC1(N2CCOCC2)CCCCC1. The molecule has 1 aliphatic carbocycles. The highest BCUT2D eigenvalue weighted by Crippen LogP contribution is 2.33. The Balaban J connectivity index is 1.96. The number of urea groups is 1. The second-order valence-corrected chi connectivity index (χ2v) is 7.92. The summed E-state index contributed by atoms with van der Waals surface area (Å²) < 4.78 is 5.50. The molecule has 2 amide bonds. The van der Waals surface area contributed by atoms with Crippen LogP contribution in [0.1, 0.15) is 52.9 Å². The smallest absolute Gasteiger partial charge is 0.315 e. The molecule has 0 aromatic carbocycles. The molecule has 140 valence electrons. The van der Waals surface area contributed by atoms with Crippen LogP contribution in [0.25, 0.3) is 0 Å². The lowest BCUT2D eigenvalue weighted by Gasteiger charge is -2.48. The van der Waals surface area contributed by atoms with Crippen LogP contribution in [-0.2, 0) is 4.74 Å². The predicted octanol–water partition coefficient (Wildman–Crippen LogP) is 1.73. The average Bonchev–Trinajstić information content (AvgIpc) is 2.61. The molecule has 1 unspecified atom stereocenters. The van der Waals surface area contributed by atoms with E-state index in [1.807, 2.05) is 20.8 Å². The van der Waals surface area contributed by atoms with E-state index >= 15 is 0 Å². The van der Waals surface area contributed by atoms with Crippen LogP contribution in [0.5, 0.6) is 0 Å². The van der Waals surface area contributed by atoms with Gasteiger partial charge in [-0.05, 0) is 25.7 Å². The number of aliphatic hydroxyl groups is 1. The van der Waals surface area contributed by atoms with Crippen LogP contribution in [0.15, 0.2) is 0 Å². The molecule has 2 fully saturated rings. The van der Waals surface area contributed by atoms with Crippen molar-refractivity contribution in [2.45, 2.75) is 64.0 Å². The van der Waals surface area contributed by atoms with Crippen LogP contribution in [0.2, 0.25) is 0 Å². The highest BCUT2D eigenvalue weighted by Gasteiger charge is 2.39. The van der Waals surface area contributed by atoms with E-state index in [-0.39, 0.29) is 24.1 Å². The monoisotopic (exact) mass is 341 g/mol. The summed E-state index contributed by atoms with van der Waals surface area (Å²) in [4.78, 5) is 14.9. The van der Waals surface area contributed by atoms with E-state index in [2.05, 4.69) is 15.5 Å². The molecule has 1 saturated heterocycles. The maximum Gasteiger partial charge on any atom is 0.315 e. The zero-order valence-electron chi connectivity index (χ0n) is 15.6. The van der Waals surface area contributed by atoms with Crippen LogP contribution in [0.4, 0.5) is 4.79 Å². The second-order valence-electron chi connectivity index (χ2n) is 7.92. The first-order chi connectivity index (χ1) is 11.4. The van der Waals surface area contributed by atoms with Crippen molar-refractivity contribution in [1.29, 1.82) is 0 Å². The van der Waals surface area contributed by atoms with Gasteiger partial charge in [0.25, 0.3) is 0 Å². The molecular weight excluding hydrogens is 306 g/mol. The van der Waals surface area contributed by atoms with E-state index in [9.17, 15) is 9.90 Å². The average molecular weight is 341 g/mol. The van der Waals surface area contributed by atoms with Gasteiger partial charge in [-0.3, -0.25) is 4.90 Å². The number of hydrogen-bond donors (Lipinski definition) is 3. The molecule has 0 aromatic heterocycles. The number of carbonyl (C=O) groups excluding carboxylic acids is 1. The molecule has 3 N–H and O–H groups in total. The zero-order valence-corrected chi connectivity index (χ0v) is 15.6. The fourth-order valence-corrected chi connectivity index (χ4v) is 3.77. The molecule has 24 heavy (non-hydrogen) atoms. The largest absolute Gasteiger partial charge is 0.394 e. The Morgan fingerprint density at radius 2 is 1.88 bits per heavy atom. The third kappa shape index (κ3) is 4.61.